The van der Waals surface area contributed by atoms with Crippen LogP contribution in [0.2, 0.25) is 5.02 Å². The molecule has 1 saturated heterocycles. The van der Waals surface area contributed by atoms with E-state index in [1.54, 1.807) is 11.0 Å². The third-order valence-corrected chi connectivity index (χ3v) is 5.44. The zero-order valence-electron chi connectivity index (χ0n) is 16.0. The molecule has 1 aliphatic heterocycles. The number of carbonyl (C=O) groups excluding carboxylic acids is 2. The SMILES string of the molecule is Cc1cccc(C(C)C)c1N1CC(C(=O)NCc2ccccc2Cl)CC1=O. The van der Waals surface area contributed by atoms with Crippen molar-refractivity contribution in [3.8, 4) is 0 Å². The highest BCUT2D eigenvalue weighted by atomic mass is 35.5. The maximum atomic E-state index is 12.7. The molecule has 3 rings (SSSR count). The van der Waals surface area contributed by atoms with Crippen molar-refractivity contribution < 1.29 is 9.59 Å². The van der Waals surface area contributed by atoms with E-state index in [9.17, 15) is 9.59 Å². The molecule has 2 aromatic carbocycles. The van der Waals surface area contributed by atoms with E-state index >= 15 is 0 Å². The fourth-order valence-electron chi connectivity index (χ4n) is 3.58. The van der Waals surface area contributed by atoms with Crippen molar-refractivity contribution >= 4 is 29.1 Å². The third-order valence-electron chi connectivity index (χ3n) is 5.07. The molecule has 27 heavy (non-hydrogen) atoms. The average Bonchev–Trinajstić information content (AvgIpc) is 3.02. The predicted molar refractivity (Wildman–Crippen MR) is 109 cm³/mol. The first-order valence-electron chi connectivity index (χ1n) is 9.29. The summed E-state index contributed by atoms with van der Waals surface area (Å²) in [4.78, 5) is 27.1. The van der Waals surface area contributed by atoms with Gasteiger partial charge in [-0.05, 0) is 35.6 Å². The molecule has 2 amide bonds. The number of hydrogen-bond donors (Lipinski definition) is 1. The lowest BCUT2D eigenvalue weighted by Gasteiger charge is -2.24. The van der Waals surface area contributed by atoms with Crippen LogP contribution in [0.3, 0.4) is 0 Å². The van der Waals surface area contributed by atoms with Crippen molar-refractivity contribution in [3.63, 3.8) is 0 Å². The molecule has 5 heteroatoms. The molecule has 1 aliphatic rings. The van der Waals surface area contributed by atoms with Crippen molar-refractivity contribution in [1.82, 2.24) is 5.32 Å². The molecule has 142 valence electrons. The lowest BCUT2D eigenvalue weighted by atomic mass is 9.97. The first kappa shape index (κ1) is 19.4. The Kier molecular flexibility index (Phi) is 5.85. The number of carbonyl (C=O) groups is 2. The quantitative estimate of drug-likeness (QED) is 0.828. The van der Waals surface area contributed by atoms with Gasteiger partial charge in [0.15, 0.2) is 0 Å². The molecule has 1 unspecified atom stereocenters. The Balaban J connectivity index is 1.72. The highest BCUT2D eigenvalue weighted by Crippen LogP contribution is 2.35. The zero-order chi connectivity index (χ0) is 19.6. The minimum absolute atomic E-state index is 0.00379. The molecule has 1 fully saturated rings. The van der Waals surface area contributed by atoms with E-state index in [1.807, 2.05) is 37.3 Å². The predicted octanol–water partition coefficient (Wildman–Crippen LogP) is 4.44. The van der Waals surface area contributed by atoms with Crippen molar-refractivity contribution in [2.24, 2.45) is 5.92 Å². The van der Waals surface area contributed by atoms with Gasteiger partial charge in [-0.25, -0.2) is 0 Å². The van der Waals surface area contributed by atoms with Gasteiger partial charge in [0.05, 0.1) is 5.92 Å². The van der Waals surface area contributed by atoms with E-state index in [0.717, 1.165) is 22.4 Å². The van der Waals surface area contributed by atoms with Gasteiger partial charge in [-0.15, -0.1) is 0 Å². The fraction of sp³-hybridized carbons (Fsp3) is 0.364. The molecule has 0 aromatic heterocycles. The summed E-state index contributed by atoms with van der Waals surface area (Å²) in [5, 5.41) is 3.55. The largest absolute Gasteiger partial charge is 0.352 e. The molecule has 1 heterocycles. The average molecular weight is 385 g/mol. The van der Waals surface area contributed by atoms with Crippen LogP contribution in [0.1, 0.15) is 42.9 Å². The Labute approximate surface area is 165 Å². The van der Waals surface area contributed by atoms with Crippen LogP contribution < -0.4 is 10.2 Å². The van der Waals surface area contributed by atoms with Crippen LogP contribution in [-0.2, 0) is 16.1 Å². The summed E-state index contributed by atoms with van der Waals surface area (Å²) < 4.78 is 0. The minimum atomic E-state index is -0.348. The second kappa shape index (κ2) is 8.13. The van der Waals surface area contributed by atoms with Gasteiger partial charge in [0.2, 0.25) is 11.8 Å². The van der Waals surface area contributed by atoms with Gasteiger partial charge in [-0.1, -0.05) is 61.8 Å². The van der Waals surface area contributed by atoms with Crippen LogP contribution >= 0.6 is 11.6 Å². The van der Waals surface area contributed by atoms with Gasteiger partial charge < -0.3 is 10.2 Å². The standard InChI is InChI=1S/C22H25ClN2O2/c1-14(2)18-9-6-7-15(3)21(18)25-13-17(11-20(25)26)22(27)24-12-16-8-4-5-10-19(16)23/h4-10,14,17H,11-13H2,1-3H3,(H,24,27). The number of hydrogen-bond acceptors (Lipinski definition) is 2. The smallest absolute Gasteiger partial charge is 0.227 e. The number of benzene rings is 2. The highest BCUT2D eigenvalue weighted by molar-refractivity contribution is 6.31. The van der Waals surface area contributed by atoms with Crippen LogP contribution in [0.4, 0.5) is 5.69 Å². The zero-order valence-corrected chi connectivity index (χ0v) is 16.7. The number of amides is 2. The van der Waals surface area contributed by atoms with Crippen molar-refractivity contribution in [2.45, 2.75) is 39.7 Å². The van der Waals surface area contributed by atoms with Crippen LogP contribution in [0.15, 0.2) is 42.5 Å². The molecule has 0 aliphatic carbocycles. The molecule has 2 aromatic rings. The highest BCUT2D eigenvalue weighted by Gasteiger charge is 2.36. The first-order chi connectivity index (χ1) is 12.9. The van der Waals surface area contributed by atoms with Gasteiger partial charge in [-0.2, -0.15) is 0 Å². The number of nitrogens with one attached hydrogen (secondary N) is 1. The molecule has 0 radical (unpaired) electrons. The van der Waals surface area contributed by atoms with E-state index < -0.39 is 0 Å². The number of nitrogens with zero attached hydrogens (tertiary/aromatic N) is 1. The molecule has 4 nitrogen and oxygen atoms in total. The topological polar surface area (TPSA) is 49.4 Å². The summed E-state index contributed by atoms with van der Waals surface area (Å²) in [6.07, 6.45) is 0.236. The number of halogens is 1. The monoisotopic (exact) mass is 384 g/mol. The first-order valence-corrected chi connectivity index (χ1v) is 9.67. The van der Waals surface area contributed by atoms with Crippen molar-refractivity contribution in [1.29, 1.82) is 0 Å². The van der Waals surface area contributed by atoms with Gasteiger partial charge in [0, 0.05) is 30.2 Å². The second-order valence-corrected chi connectivity index (χ2v) is 7.79. The Morgan fingerprint density at radius 2 is 1.96 bits per heavy atom. The van der Waals surface area contributed by atoms with E-state index in [0.29, 0.717) is 24.0 Å². The second-order valence-electron chi connectivity index (χ2n) is 7.38. The van der Waals surface area contributed by atoms with Gasteiger partial charge in [-0.3, -0.25) is 9.59 Å². The minimum Gasteiger partial charge on any atom is -0.352 e. The maximum Gasteiger partial charge on any atom is 0.227 e. The van der Waals surface area contributed by atoms with Gasteiger partial charge in [0.25, 0.3) is 0 Å². The lowest BCUT2D eigenvalue weighted by Crippen LogP contribution is -2.33. The summed E-state index contributed by atoms with van der Waals surface area (Å²) in [5.41, 5.74) is 4.03. The molecule has 1 N–H and O–H groups in total. The van der Waals surface area contributed by atoms with Crippen LogP contribution in [0.5, 0.6) is 0 Å². The molecule has 0 bridgehead atoms. The maximum absolute atomic E-state index is 12.7. The van der Waals surface area contributed by atoms with Crippen LogP contribution in [-0.4, -0.2) is 18.4 Å². The molecular formula is C22H25ClN2O2. The number of para-hydroxylation sites is 1. The Bertz CT molecular complexity index is 863. The van der Waals surface area contributed by atoms with Crippen LogP contribution in [0, 0.1) is 12.8 Å². The normalized spacial score (nSPS) is 16.9. The lowest BCUT2D eigenvalue weighted by molar-refractivity contribution is -0.126. The summed E-state index contributed by atoms with van der Waals surface area (Å²) in [7, 11) is 0. The Hall–Kier alpha value is -2.33. The summed E-state index contributed by atoms with van der Waals surface area (Å²) in [6.45, 7) is 7.03. The van der Waals surface area contributed by atoms with E-state index in [4.69, 9.17) is 11.6 Å². The van der Waals surface area contributed by atoms with E-state index in [2.05, 4.69) is 25.2 Å². The number of rotatable bonds is 5. The third kappa shape index (κ3) is 4.16. The van der Waals surface area contributed by atoms with E-state index in [-0.39, 0.29) is 24.2 Å². The fourth-order valence-corrected chi connectivity index (χ4v) is 3.79. The van der Waals surface area contributed by atoms with Crippen molar-refractivity contribution in [2.75, 3.05) is 11.4 Å². The Morgan fingerprint density at radius 3 is 2.67 bits per heavy atom. The number of anilines is 1. The van der Waals surface area contributed by atoms with E-state index in [1.165, 1.54) is 0 Å². The molecule has 1 atom stereocenters. The summed E-state index contributed by atoms with van der Waals surface area (Å²) >= 11 is 6.14. The van der Waals surface area contributed by atoms with Gasteiger partial charge in [0.1, 0.15) is 0 Å². The molecule has 0 spiro atoms. The van der Waals surface area contributed by atoms with Crippen molar-refractivity contribution in [3.05, 3.63) is 64.2 Å². The molecule has 0 saturated carbocycles. The summed E-state index contributed by atoms with van der Waals surface area (Å²) in [5.74, 6) is -0.144. The summed E-state index contributed by atoms with van der Waals surface area (Å²) in [6, 6.07) is 13.5. The Morgan fingerprint density at radius 1 is 1.22 bits per heavy atom. The van der Waals surface area contributed by atoms with Crippen LogP contribution in [0.25, 0.3) is 0 Å². The molecular weight excluding hydrogens is 360 g/mol. The number of aryl methyl sites for hydroxylation is 1. The van der Waals surface area contributed by atoms with Gasteiger partial charge >= 0.3 is 0 Å².